The van der Waals surface area contributed by atoms with Crippen molar-refractivity contribution >= 4 is 21.6 Å². The van der Waals surface area contributed by atoms with E-state index in [1.165, 1.54) is 6.07 Å². The van der Waals surface area contributed by atoms with Gasteiger partial charge >= 0.3 is 0 Å². The molecule has 74 valence electrons. The Bertz CT molecular complexity index is 430. The van der Waals surface area contributed by atoms with Gasteiger partial charge in [0.2, 0.25) is 0 Å². The molecule has 0 saturated heterocycles. The van der Waals surface area contributed by atoms with Gasteiger partial charge < -0.3 is 9.51 Å². The zero-order valence-electron chi connectivity index (χ0n) is 7.24. The quantitative estimate of drug-likeness (QED) is 0.892. The van der Waals surface area contributed by atoms with Gasteiger partial charge in [0.05, 0.1) is 10.2 Å². The summed E-state index contributed by atoms with van der Waals surface area (Å²) >= 11 is 3.09. The molecular weight excluding hydrogens is 251 g/mol. The molecule has 14 heavy (non-hydrogen) atoms. The monoisotopic (exact) mass is 258 g/mol. The number of pyridine rings is 1. The van der Waals surface area contributed by atoms with E-state index in [-0.39, 0.29) is 12.4 Å². The molecule has 0 aliphatic heterocycles. The third-order valence-electron chi connectivity index (χ3n) is 1.92. The van der Waals surface area contributed by atoms with Gasteiger partial charge in [-0.3, -0.25) is 0 Å². The molecule has 2 aromatic rings. The van der Waals surface area contributed by atoms with E-state index >= 15 is 0 Å². The minimum atomic E-state index is -0.335. The van der Waals surface area contributed by atoms with E-state index in [9.17, 15) is 4.39 Å². The fourth-order valence-electron chi connectivity index (χ4n) is 1.27. The highest BCUT2D eigenvalue weighted by Crippen LogP contribution is 2.17. The van der Waals surface area contributed by atoms with Crippen LogP contribution in [0.1, 0.15) is 5.69 Å². The van der Waals surface area contributed by atoms with Crippen molar-refractivity contribution in [2.75, 3.05) is 6.61 Å². The molecule has 3 nitrogen and oxygen atoms in total. The lowest BCUT2D eigenvalue weighted by atomic mass is 10.4. The van der Waals surface area contributed by atoms with E-state index in [1.54, 1.807) is 16.8 Å². The van der Waals surface area contributed by atoms with E-state index in [0.717, 1.165) is 5.69 Å². The van der Waals surface area contributed by atoms with E-state index < -0.39 is 0 Å². The normalized spacial score (nSPS) is 11.1. The Hall–Kier alpha value is -0.940. The Kier molecular flexibility index (Phi) is 2.52. The van der Waals surface area contributed by atoms with Crippen molar-refractivity contribution in [2.24, 2.45) is 0 Å². The Balaban J connectivity index is 2.54. The molecule has 0 bridgehead atoms. The minimum absolute atomic E-state index is 0.0491. The van der Waals surface area contributed by atoms with E-state index in [2.05, 4.69) is 20.9 Å². The number of rotatable bonds is 2. The van der Waals surface area contributed by atoms with Gasteiger partial charge in [0, 0.05) is 31.5 Å². The van der Waals surface area contributed by atoms with Crippen LogP contribution in [0.4, 0.5) is 4.39 Å². The Morgan fingerprint density at radius 2 is 2.29 bits per heavy atom. The molecule has 2 aromatic heterocycles. The van der Waals surface area contributed by atoms with E-state index in [4.69, 9.17) is 5.11 Å². The highest BCUT2D eigenvalue weighted by Gasteiger charge is 2.05. The molecule has 0 aromatic carbocycles. The minimum Gasteiger partial charge on any atom is -0.396 e. The SMILES string of the molecule is OCCc1cn2cc(Br)c(F)cc2n1. The summed E-state index contributed by atoms with van der Waals surface area (Å²) in [6.45, 7) is 0.0491. The zero-order chi connectivity index (χ0) is 10.1. The second-order valence-corrected chi connectivity index (χ2v) is 3.79. The molecule has 0 radical (unpaired) electrons. The Morgan fingerprint density at radius 3 is 3.00 bits per heavy atom. The summed E-state index contributed by atoms with van der Waals surface area (Å²) in [5, 5.41) is 8.72. The number of aromatic nitrogens is 2. The maximum Gasteiger partial charge on any atom is 0.142 e. The van der Waals surface area contributed by atoms with Crippen LogP contribution >= 0.6 is 15.9 Å². The highest BCUT2D eigenvalue weighted by molar-refractivity contribution is 9.10. The van der Waals surface area contributed by atoms with Crippen molar-refractivity contribution in [2.45, 2.75) is 6.42 Å². The molecule has 0 atom stereocenters. The molecular formula is C9H8BrFN2O. The van der Waals surface area contributed by atoms with Crippen LogP contribution < -0.4 is 0 Å². The van der Waals surface area contributed by atoms with Crippen LogP contribution in [0, 0.1) is 5.82 Å². The average Bonchev–Trinajstić information content (AvgIpc) is 2.48. The second kappa shape index (κ2) is 3.67. The summed E-state index contributed by atoms with van der Waals surface area (Å²) in [5.74, 6) is -0.335. The van der Waals surface area contributed by atoms with Crippen LogP contribution in [0.25, 0.3) is 5.65 Å². The summed E-state index contributed by atoms with van der Waals surface area (Å²) < 4.78 is 15.2. The maximum atomic E-state index is 13.1. The first kappa shape index (κ1) is 9.61. The zero-order valence-corrected chi connectivity index (χ0v) is 8.83. The lowest BCUT2D eigenvalue weighted by Gasteiger charge is -1.95. The van der Waals surface area contributed by atoms with E-state index in [1.807, 2.05) is 0 Å². The van der Waals surface area contributed by atoms with Gasteiger partial charge in [0.15, 0.2) is 0 Å². The fraction of sp³-hybridized carbons (Fsp3) is 0.222. The summed E-state index contributed by atoms with van der Waals surface area (Å²) in [4.78, 5) is 4.15. The van der Waals surface area contributed by atoms with Crippen molar-refractivity contribution in [3.8, 4) is 0 Å². The molecule has 0 spiro atoms. The second-order valence-electron chi connectivity index (χ2n) is 2.94. The summed E-state index contributed by atoms with van der Waals surface area (Å²) in [6.07, 6.45) is 3.87. The molecule has 2 heterocycles. The summed E-state index contributed by atoms with van der Waals surface area (Å²) in [6, 6.07) is 1.35. The number of hydrogen-bond donors (Lipinski definition) is 1. The molecule has 0 aliphatic rings. The van der Waals surface area contributed by atoms with Crippen LogP contribution in [0.5, 0.6) is 0 Å². The molecule has 0 aliphatic carbocycles. The van der Waals surface area contributed by atoms with Gasteiger partial charge in [-0.1, -0.05) is 0 Å². The lowest BCUT2D eigenvalue weighted by Crippen LogP contribution is -1.89. The molecule has 2 rings (SSSR count). The maximum absolute atomic E-state index is 13.1. The summed E-state index contributed by atoms with van der Waals surface area (Å²) in [5.41, 5.74) is 1.30. The molecule has 1 N–H and O–H groups in total. The first-order valence-electron chi connectivity index (χ1n) is 4.14. The number of aliphatic hydroxyl groups excluding tert-OH is 1. The number of halogens is 2. The largest absolute Gasteiger partial charge is 0.396 e. The molecule has 0 saturated carbocycles. The number of hydrogen-bond acceptors (Lipinski definition) is 2. The predicted molar refractivity (Wildman–Crippen MR) is 53.6 cm³/mol. The summed E-state index contributed by atoms with van der Waals surface area (Å²) in [7, 11) is 0. The predicted octanol–water partition coefficient (Wildman–Crippen LogP) is 1.77. The molecule has 0 fully saturated rings. The fourth-order valence-corrected chi connectivity index (χ4v) is 1.61. The van der Waals surface area contributed by atoms with Gasteiger partial charge in [0.1, 0.15) is 11.5 Å². The number of imidazole rings is 1. The van der Waals surface area contributed by atoms with Gasteiger partial charge in [0.25, 0.3) is 0 Å². The number of nitrogens with zero attached hydrogens (tertiary/aromatic N) is 2. The highest BCUT2D eigenvalue weighted by atomic mass is 79.9. The molecule has 5 heteroatoms. The van der Waals surface area contributed by atoms with Gasteiger partial charge in [-0.2, -0.15) is 0 Å². The van der Waals surface area contributed by atoms with Crippen LogP contribution in [0.3, 0.4) is 0 Å². The van der Waals surface area contributed by atoms with Crippen molar-refractivity contribution in [1.29, 1.82) is 0 Å². The van der Waals surface area contributed by atoms with Crippen molar-refractivity contribution in [3.05, 3.63) is 34.4 Å². The van der Waals surface area contributed by atoms with E-state index in [0.29, 0.717) is 16.5 Å². The first-order chi connectivity index (χ1) is 6.70. The standard InChI is InChI=1S/C9H8BrFN2O/c10-7-5-13-4-6(1-2-14)12-9(13)3-8(7)11/h3-5,14H,1-2H2. The van der Waals surface area contributed by atoms with Crippen LogP contribution in [0.2, 0.25) is 0 Å². The average molecular weight is 259 g/mol. The van der Waals surface area contributed by atoms with Crippen molar-refractivity contribution in [1.82, 2.24) is 9.38 Å². The van der Waals surface area contributed by atoms with Crippen molar-refractivity contribution < 1.29 is 9.50 Å². The van der Waals surface area contributed by atoms with Gasteiger partial charge in [-0.15, -0.1) is 0 Å². The molecule has 0 amide bonds. The number of fused-ring (bicyclic) bond motifs is 1. The topological polar surface area (TPSA) is 37.5 Å². The van der Waals surface area contributed by atoms with Gasteiger partial charge in [-0.05, 0) is 15.9 Å². The Morgan fingerprint density at radius 1 is 1.50 bits per heavy atom. The third kappa shape index (κ3) is 1.65. The Labute approximate surface area is 88.3 Å². The van der Waals surface area contributed by atoms with Crippen LogP contribution in [-0.4, -0.2) is 21.1 Å². The van der Waals surface area contributed by atoms with Crippen LogP contribution in [-0.2, 0) is 6.42 Å². The van der Waals surface area contributed by atoms with Gasteiger partial charge in [-0.25, -0.2) is 9.37 Å². The smallest absolute Gasteiger partial charge is 0.142 e. The van der Waals surface area contributed by atoms with Crippen molar-refractivity contribution in [3.63, 3.8) is 0 Å². The number of aliphatic hydroxyl groups is 1. The molecule has 0 unspecified atom stereocenters. The third-order valence-corrected chi connectivity index (χ3v) is 2.50. The lowest BCUT2D eigenvalue weighted by molar-refractivity contribution is 0.298. The first-order valence-corrected chi connectivity index (χ1v) is 4.93. The van der Waals surface area contributed by atoms with Crippen LogP contribution in [0.15, 0.2) is 22.9 Å².